The number of hydrogen-bond acceptors (Lipinski definition) is 3. The van der Waals surface area contributed by atoms with Crippen LogP contribution in [0.25, 0.3) is 0 Å². The number of aliphatic hydroxyl groups is 1. The zero-order valence-corrected chi connectivity index (χ0v) is 9.33. The minimum absolute atomic E-state index is 0.265. The molecular formula is C11H23NO2. The van der Waals surface area contributed by atoms with Crippen LogP contribution in [-0.4, -0.2) is 36.5 Å². The molecule has 0 bridgehead atoms. The SMILES string of the molecule is CC(CC1CCCO1)N[C@H](C)CCO. The van der Waals surface area contributed by atoms with Crippen LogP contribution in [0.2, 0.25) is 0 Å². The molecule has 3 atom stereocenters. The molecule has 0 aromatic heterocycles. The van der Waals surface area contributed by atoms with Gasteiger partial charge in [0.1, 0.15) is 0 Å². The molecule has 2 unspecified atom stereocenters. The molecule has 1 fully saturated rings. The molecule has 1 aliphatic rings. The Morgan fingerprint density at radius 1 is 1.43 bits per heavy atom. The maximum atomic E-state index is 8.77. The summed E-state index contributed by atoms with van der Waals surface area (Å²) in [5.74, 6) is 0. The Hall–Kier alpha value is -0.120. The Labute approximate surface area is 86.8 Å². The first-order valence-electron chi connectivity index (χ1n) is 5.71. The number of nitrogens with one attached hydrogen (secondary N) is 1. The van der Waals surface area contributed by atoms with E-state index in [4.69, 9.17) is 9.84 Å². The van der Waals surface area contributed by atoms with Crippen LogP contribution >= 0.6 is 0 Å². The smallest absolute Gasteiger partial charge is 0.0590 e. The first-order chi connectivity index (χ1) is 6.72. The molecule has 2 N–H and O–H groups in total. The van der Waals surface area contributed by atoms with Crippen molar-refractivity contribution in [1.82, 2.24) is 5.32 Å². The Kier molecular flexibility index (Phi) is 5.45. The van der Waals surface area contributed by atoms with E-state index in [0.717, 1.165) is 19.4 Å². The maximum absolute atomic E-state index is 8.77. The van der Waals surface area contributed by atoms with E-state index in [1.807, 2.05) is 0 Å². The molecule has 1 saturated heterocycles. The van der Waals surface area contributed by atoms with Gasteiger partial charge in [0.15, 0.2) is 0 Å². The summed E-state index contributed by atoms with van der Waals surface area (Å²) < 4.78 is 5.58. The number of rotatable bonds is 6. The second-order valence-electron chi connectivity index (χ2n) is 4.35. The molecular weight excluding hydrogens is 178 g/mol. The van der Waals surface area contributed by atoms with E-state index in [1.54, 1.807) is 0 Å². The molecule has 1 rings (SSSR count). The highest BCUT2D eigenvalue weighted by Gasteiger charge is 2.18. The van der Waals surface area contributed by atoms with E-state index in [2.05, 4.69) is 19.2 Å². The largest absolute Gasteiger partial charge is 0.396 e. The quantitative estimate of drug-likeness (QED) is 0.680. The third-order valence-corrected chi connectivity index (χ3v) is 2.77. The van der Waals surface area contributed by atoms with Gasteiger partial charge in [-0.25, -0.2) is 0 Å². The van der Waals surface area contributed by atoms with E-state index in [0.29, 0.717) is 18.2 Å². The normalized spacial score (nSPS) is 26.4. The zero-order valence-electron chi connectivity index (χ0n) is 9.33. The van der Waals surface area contributed by atoms with Gasteiger partial charge in [-0.2, -0.15) is 0 Å². The van der Waals surface area contributed by atoms with E-state index >= 15 is 0 Å². The molecule has 14 heavy (non-hydrogen) atoms. The van der Waals surface area contributed by atoms with Gasteiger partial charge in [-0.15, -0.1) is 0 Å². The Balaban J connectivity index is 2.10. The molecule has 0 radical (unpaired) electrons. The fraction of sp³-hybridized carbons (Fsp3) is 1.00. The van der Waals surface area contributed by atoms with Crippen molar-refractivity contribution < 1.29 is 9.84 Å². The van der Waals surface area contributed by atoms with Crippen LogP contribution in [0.3, 0.4) is 0 Å². The summed E-state index contributed by atoms with van der Waals surface area (Å²) in [5.41, 5.74) is 0. The molecule has 0 aromatic carbocycles. The Morgan fingerprint density at radius 3 is 2.79 bits per heavy atom. The van der Waals surface area contributed by atoms with Gasteiger partial charge in [-0.3, -0.25) is 0 Å². The summed E-state index contributed by atoms with van der Waals surface area (Å²) >= 11 is 0. The highest BCUT2D eigenvalue weighted by atomic mass is 16.5. The summed E-state index contributed by atoms with van der Waals surface area (Å²) in [5, 5.41) is 12.2. The number of aliphatic hydroxyl groups excluding tert-OH is 1. The average molecular weight is 201 g/mol. The monoisotopic (exact) mass is 201 g/mol. The Bertz CT molecular complexity index is 146. The van der Waals surface area contributed by atoms with E-state index < -0.39 is 0 Å². The van der Waals surface area contributed by atoms with Gasteiger partial charge in [0, 0.05) is 25.3 Å². The first-order valence-corrected chi connectivity index (χ1v) is 5.71. The lowest BCUT2D eigenvalue weighted by molar-refractivity contribution is 0.0947. The van der Waals surface area contributed by atoms with Crippen molar-refractivity contribution in [2.24, 2.45) is 0 Å². The molecule has 1 aliphatic heterocycles. The van der Waals surface area contributed by atoms with Crippen LogP contribution < -0.4 is 5.32 Å². The Morgan fingerprint density at radius 2 is 2.21 bits per heavy atom. The van der Waals surface area contributed by atoms with Gasteiger partial charge in [0.05, 0.1) is 6.10 Å². The van der Waals surface area contributed by atoms with Crippen molar-refractivity contribution in [1.29, 1.82) is 0 Å². The molecule has 3 nitrogen and oxygen atoms in total. The number of ether oxygens (including phenoxy) is 1. The topological polar surface area (TPSA) is 41.5 Å². The fourth-order valence-corrected chi connectivity index (χ4v) is 2.06. The second kappa shape index (κ2) is 6.38. The summed E-state index contributed by atoms with van der Waals surface area (Å²) in [7, 11) is 0. The molecule has 3 heteroatoms. The maximum Gasteiger partial charge on any atom is 0.0590 e. The van der Waals surface area contributed by atoms with Crippen molar-refractivity contribution in [2.45, 2.75) is 57.7 Å². The van der Waals surface area contributed by atoms with Gasteiger partial charge in [0.25, 0.3) is 0 Å². The van der Waals surface area contributed by atoms with E-state index in [-0.39, 0.29) is 6.61 Å². The van der Waals surface area contributed by atoms with E-state index in [1.165, 1.54) is 12.8 Å². The van der Waals surface area contributed by atoms with Crippen LogP contribution in [-0.2, 0) is 4.74 Å². The number of hydrogen-bond donors (Lipinski definition) is 2. The van der Waals surface area contributed by atoms with Crippen molar-refractivity contribution >= 4 is 0 Å². The molecule has 0 saturated carbocycles. The third kappa shape index (κ3) is 4.40. The predicted octanol–water partition coefficient (Wildman–Crippen LogP) is 1.30. The van der Waals surface area contributed by atoms with Gasteiger partial charge >= 0.3 is 0 Å². The summed E-state index contributed by atoms with van der Waals surface area (Å²) in [4.78, 5) is 0. The zero-order chi connectivity index (χ0) is 10.4. The highest BCUT2D eigenvalue weighted by molar-refractivity contribution is 4.74. The van der Waals surface area contributed by atoms with Crippen LogP contribution in [0.5, 0.6) is 0 Å². The van der Waals surface area contributed by atoms with Gasteiger partial charge < -0.3 is 15.2 Å². The van der Waals surface area contributed by atoms with Gasteiger partial charge in [-0.1, -0.05) is 0 Å². The van der Waals surface area contributed by atoms with Gasteiger partial charge in [-0.05, 0) is 39.5 Å². The van der Waals surface area contributed by atoms with Crippen LogP contribution in [0.4, 0.5) is 0 Å². The van der Waals surface area contributed by atoms with Crippen LogP contribution in [0, 0.1) is 0 Å². The van der Waals surface area contributed by atoms with Crippen LogP contribution in [0.1, 0.15) is 39.5 Å². The van der Waals surface area contributed by atoms with E-state index in [9.17, 15) is 0 Å². The predicted molar refractivity (Wildman–Crippen MR) is 57.4 cm³/mol. The van der Waals surface area contributed by atoms with Crippen LogP contribution in [0.15, 0.2) is 0 Å². The molecule has 0 aromatic rings. The second-order valence-corrected chi connectivity index (χ2v) is 4.35. The molecule has 0 spiro atoms. The molecule has 0 aliphatic carbocycles. The van der Waals surface area contributed by atoms with Crippen molar-refractivity contribution in [3.05, 3.63) is 0 Å². The first kappa shape index (κ1) is 12.0. The molecule has 0 amide bonds. The fourth-order valence-electron chi connectivity index (χ4n) is 2.06. The lowest BCUT2D eigenvalue weighted by Gasteiger charge is -2.21. The van der Waals surface area contributed by atoms with Crippen molar-refractivity contribution in [3.63, 3.8) is 0 Å². The van der Waals surface area contributed by atoms with Gasteiger partial charge in [0.2, 0.25) is 0 Å². The third-order valence-electron chi connectivity index (χ3n) is 2.77. The average Bonchev–Trinajstić information content (AvgIpc) is 2.56. The lowest BCUT2D eigenvalue weighted by atomic mass is 10.1. The minimum Gasteiger partial charge on any atom is -0.396 e. The minimum atomic E-state index is 0.265. The molecule has 84 valence electrons. The standard InChI is InChI=1S/C11H23NO2/c1-9(5-6-13)12-10(2)8-11-4-3-7-14-11/h9-13H,3-8H2,1-2H3/t9-,10?,11?/m1/s1. The van der Waals surface area contributed by atoms with Crippen molar-refractivity contribution in [3.8, 4) is 0 Å². The summed E-state index contributed by atoms with van der Waals surface area (Å²) in [6.07, 6.45) is 4.80. The summed E-state index contributed by atoms with van der Waals surface area (Å²) in [6.45, 7) is 5.50. The van der Waals surface area contributed by atoms with Crippen molar-refractivity contribution in [2.75, 3.05) is 13.2 Å². The molecule has 1 heterocycles. The highest BCUT2D eigenvalue weighted by Crippen LogP contribution is 2.17. The lowest BCUT2D eigenvalue weighted by Crippen LogP contribution is -2.37. The summed E-state index contributed by atoms with van der Waals surface area (Å²) in [6, 6.07) is 0.885.